The highest BCUT2D eigenvalue weighted by molar-refractivity contribution is 5.83. The second-order valence-electron chi connectivity index (χ2n) is 4.72. The molecule has 1 atom stereocenters. The molecular weight excluding hydrogens is 238 g/mol. The largest absolute Gasteiger partial charge is 0.302 e. The minimum Gasteiger partial charge on any atom is -0.302 e. The van der Waals surface area contributed by atoms with Crippen molar-refractivity contribution in [2.24, 2.45) is 5.84 Å². The summed E-state index contributed by atoms with van der Waals surface area (Å²) in [6.07, 6.45) is 2.31. The Labute approximate surface area is 115 Å². The molecule has 0 aliphatic heterocycles. The van der Waals surface area contributed by atoms with Crippen molar-refractivity contribution in [1.82, 2.24) is 10.3 Å². The van der Waals surface area contributed by atoms with Gasteiger partial charge in [0, 0.05) is 6.54 Å². The van der Waals surface area contributed by atoms with Gasteiger partial charge in [0.15, 0.2) is 0 Å². The van der Waals surface area contributed by atoms with Crippen LogP contribution in [0.15, 0.2) is 30.3 Å². The van der Waals surface area contributed by atoms with Crippen molar-refractivity contribution >= 4 is 5.91 Å². The summed E-state index contributed by atoms with van der Waals surface area (Å²) in [7, 11) is 0. The van der Waals surface area contributed by atoms with Crippen LogP contribution in [0.3, 0.4) is 0 Å². The molecule has 0 bridgehead atoms. The smallest absolute Gasteiger partial charge is 0.242 e. The third-order valence-electron chi connectivity index (χ3n) is 3.38. The van der Waals surface area contributed by atoms with Gasteiger partial charge in [0.05, 0.1) is 5.92 Å². The van der Waals surface area contributed by atoms with Gasteiger partial charge in [0.25, 0.3) is 0 Å². The molecule has 3 N–H and O–H groups in total. The molecule has 4 heteroatoms. The zero-order chi connectivity index (χ0) is 14.1. The molecule has 19 heavy (non-hydrogen) atoms. The zero-order valence-corrected chi connectivity index (χ0v) is 11.9. The zero-order valence-electron chi connectivity index (χ0n) is 11.9. The number of carbonyl (C=O) groups is 1. The first kappa shape index (κ1) is 15.7. The van der Waals surface area contributed by atoms with Gasteiger partial charge in [-0.1, -0.05) is 50.6 Å². The number of benzene rings is 1. The van der Waals surface area contributed by atoms with Crippen molar-refractivity contribution in [3.05, 3.63) is 35.9 Å². The Kier molecular flexibility index (Phi) is 7.15. The molecule has 0 saturated heterocycles. The molecule has 0 aromatic heterocycles. The average Bonchev–Trinajstić information content (AvgIpc) is 2.48. The monoisotopic (exact) mass is 263 g/mol. The normalized spacial score (nSPS) is 12.4. The van der Waals surface area contributed by atoms with Crippen LogP contribution in [0.1, 0.15) is 38.2 Å². The molecule has 4 nitrogen and oxygen atoms in total. The molecule has 1 amide bonds. The number of carbonyl (C=O) groups excluding carboxylic acids is 1. The van der Waals surface area contributed by atoms with E-state index in [-0.39, 0.29) is 11.8 Å². The standard InChI is InChI=1S/C15H25N3O/c1-3-5-11-18(4-2)12-14(15(19)17-16)13-9-7-6-8-10-13/h6-10,14H,3-5,11-12,16H2,1-2H3,(H,17,19). The van der Waals surface area contributed by atoms with Gasteiger partial charge in [-0.15, -0.1) is 0 Å². The summed E-state index contributed by atoms with van der Waals surface area (Å²) in [5, 5.41) is 0. The molecule has 0 heterocycles. The molecule has 1 unspecified atom stereocenters. The van der Waals surface area contributed by atoms with Crippen molar-refractivity contribution in [2.45, 2.75) is 32.6 Å². The summed E-state index contributed by atoms with van der Waals surface area (Å²) in [6, 6.07) is 9.82. The molecule has 0 saturated carbocycles. The highest BCUT2D eigenvalue weighted by Crippen LogP contribution is 2.17. The Balaban J connectivity index is 2.77. The molecule has 0 aliphatic carbocycles. The van der Waals surface area contributed by atoms with E-state index in [9.17, 15) is 4.79 Å². The first-order valence-electron chi connectivity index (χ1n) is 7.00. The van der Waals surface area contributed by atoms with Crippen LogP contribution in [0.25, 0.3) is 0 Å². The van der Waals surface area contributed by atoms with E-state index in [1.54, 1.807) is 0 Å². The summed E-state index contributed by atoms with van der Waals surface area (Å²) in [5.41, 5.74) is 3.30. The number of hydrogen-bond donors (Lipinski definition) is 2. The van der Waals surface area contributed by atoms with Gasteiger partial charge in [0.1, 0.15) is 0 Å². The van der Waals surface area contributed by atoms with E-state index in [4.69, 9.17) is 5.84 Å². The molecular formula is C15H25N3O. The second kappa shape index (κ2) is 8.67. The molecule has 1 aromatic carbocycles. The third-order valence-corrected chi connectivity index (χ3v) is 3.38. The van der Waals surface area contributed by atoms with Crippen LogP contribution in [0.4, 0.5) is 0 Å². The van der Waals surface area contributed by atoms with Gasteiger partial charge < -0.3 is 4.90 Å². The summed E-state index contributed by atoms with van der Waals surface area (Å²) in [5.74, 6) is 4.98. The summed E-state index contributed by atoms with van der Waals surface area (Å²) >= 11 is 0. The van der Waals surface area contributed by atoms with Crippen molar-refractivity contribution in [3.8, 4) is 0 Å². The first-order chi connectivity index (χ1) is 9.22. The van der Waals surface area contributed by atoms with Crippen LogP contribution in [0, 0.1) is 0 Å². The van der Waals surface area contributed by atoms with E-state index in [0.717, 1.165) is 31.5 Å². The van der Waals surface area contributed by atoms with Crippen LogP contribution in [0.5, 0.6) is 0 Å². The highest BCUT2D eigenvalue weighted by atomic mass is 16.2. The third kappa shape index (κ3) is 5.01. The summed E-state index contributed by atoms with van der Waals surface area (Å²) in [4.78, 5) is 14.3. The van der Waals surface area contributed by atoms with E-state index in [2.05, 4.69) is 24.2 Å². The maximum atomic E-state index is 12.0. The Morgan fingerprint density at radius 1 is 1.32 bits per heavy atom. The lowest BCUT2D eigenvalue weighted by Crippen LogP contribution is -2.40. The highest BCUT2D eigenvalue weighted by Gasteiger charge is 2.21. The number of rotatable bonds is 8. The topological polar surface area (TPSA) is 58.4 Å². The number of nitrogens with zero attached hydrogens (tertiary/aromatic N) is 1. The van der Waals surface area contributed by atoms with Crippen molar-refractivity contribution in [1.29, 1.82) is 0 Å². The molecule has 106 valence electrons. The van der Waals surface area contributed by atoms with Crippen LogP contribution in [-0.2, 0) is 4.79 Å². The fraction of sp³-hybridized carbons (Fsp3) is 0.533. The Bertz CT molecular complexity index is 367. The fourth-order valence-electron chi connectivity index (χ4n) is 2.14. The minimum atomic E-state index is -0.206. The molecule has 0 radical (unpaired) electrons. The van der Waals surface area contributed by atoms with Crippen molar-refractivity contribution in [3.63, 3.8) is 0 Å². The van der Waals surface area contributed by atoms with Gasteiger partial charge in [0.2, 0.25) is 5.91 Å². The predicted molar refractivity (Wildman–Crippen MR) is 78.5 cm³/mol. The Hall–Kier alpha value is -1.39. The van der Waals surface area contributed by atoms with Gasteiger partial charge in [-0.05, 0) is 25.1 Å². The molecule has 0 spiro atoms. The van der Waals surface area contributed by atoms with E-state index in [0.29, 0.717) is 6.54 Å². The van der Waals surface area contributed by atoms with E-state index < -0.39 is 0 Å². The van der Waals surface area contributed by atoms with Gasteiger partial charge >= 0.3 is 0 Å². The molecule has 1 rings (SSSR count). The van der Waals surface area contributed by atoms with Gasteiger partial charge in [-0.2, -0.15) is 0 Å². The number of hydrogen-bond acceptors (Lipinski definition) is 3. The van der Waals surface area contributed by atoms with Crippen molar-refractivity contribution in [2.75, 3.05) is 19.6 Å². The fourth-order valence-corrected chi connectivity index (χ4v) is 2.14. The summed E-state index contributed by atoms with van der Waals surface area (Å²) < 4.78 is 0. The van der Waals surface area contributed by atoms with Crippen molar-refractivity contribution < 1.29 is 4.79 Å². The lowest BCUT2D eigenvalue weighted by molar-refractivity contribution is -0.123. The van der Waals surface area contributed by atoms with Gasteiger partial charge in [-0.3, -0.25) is 10.2 Å². The summed E-state index contributed by atoms with van der Waals surface area (Å²) in [6.45, 7) is 6.98. The van der Waals surface area contributed by atoms with E-state index >= 15 is 0 Å². The Morgan fingerprint density at radius 2 is 2.00 bits per heavy atom. The SMILES string of the molecule is CCCCN(CC)CC(C(=O)NN)c1ccccc1. The maximum Gasteiger partial charge on any atom is 0.242 e. The lowest BCUT2D eigenvalue weighted by atomic mass is 9.97. The average molecular weight is 263 g/mol. The minimum absolute atomic E-state index is 0.124. The number of hydrazine groups is 1. The van der Waals surface area contributed by atoms with Gasteiger partial charge in [-0.25, -0.2) is 5.84 Å². The first-order valence-corrected chi connectivity index (χ1v) is 7.00. The number of unbranched alkanes of at least 4 members (excludes halogenated alkanes) is 1. The molecule has 1 aromatic rings. The van der Waals surface area contributed by atoms with Crippen LogP contribution >= 0.6 is 0 Å². The number of likely N-dealkylation sites (N-methyl/N-ethyl adjacent to an activating group) is 1. The van der Waals surface area contributed by atoms with Crippen LogP contribution < -0.4 is 11.3 Å². The van der Waals surface area contributed by atoms with Crippen LogP contribution in [0.2, 0.25) is 0 Å². The second-order valence-corrected chi connectivity index (χ2v) is 4.72. The van der Waals surface area contributed by atoms with Crippen LogP contribution in [-0.4, -0.2) is 30.4 Å². The quantitative estimate of drug-likeness (QED) is 0.428. The number of nitrogens with two attached hydrogens (primary N) is 1. The predicted octanol–water partition coefficient (Wildman–Crippen LogP) is 1.88. The molecule has 0 aliphatic rings. The number of nitrogens with one attached hydrogen (secondary N) is 1. The van der Waals surface area contributed by atoms with E-state index in [1.165, 1.54) is 0 Å². The Morgan fingerprint density at radius 3 is 2.53 bits per heavy atom. The van der Waals surface area contributed by atoms with E-state index in [1.807, 2.05) is 30.3 Å². The lowest BCUT2D eigenvalue weighted by Gasteiger charge is -2.25. The number of amides is 1. The molecule has 0 fully saturated rings. The maximum absolute atomic E-state index is 12.0.